The molecule has 0 amide bonds. The lowest BCUT2D eigenvalue weighted by molar-refractivity contribution is 0.0600. The first-order valence-electron chi connectivity index (χ1n) is 5.32. The molecule has 4 heteroatoms. The van der Waals surface area contributed by atoms with E-state index in [2.05, 4.69) is 5.32 Å². The van der Waals surface area contributed by atoms with E-state index < -0.39 is 0 Å². The molecule has 16 heavy (non-hydrogen) atoms. The summed E-state index contributed by atoms with van der Waals surface area (Å²) < 4.78 is 4.71. The number of nitrogens with two attached hydrogens (primary N) is 1. The van der Waals surface area contributed by atoms with E-state index in [0.29, 0.717) is 12.1 Å². The Kier molecular flexibility index (Phi) is 4.79. The van der Waals surface area contributed by atoms with Gasteiger partial charge in [-0.05, 0) is 37.6 Å². The highest BCUT2D eigenvalue weighted by Crippen LogP contribution is 2.19. The van der Waals surface area contributed by atoms with Gasteiger partial charge in [0.25, 0.3) is 0 Å². The molecule has 0 aliphatic carbocycles. The molecule has 0 saturated heterocycles. The van der Waals surface area contributed by atoms with Crippen molar-refractivity contribution in [1.82, 2.24) is 0 Å². The summed E-state index contributed by atoms with van der Waals surface area (Å²) in [6, 6.07) is 5.54. The number of anilines is 1. The Labute approximate surface area is 95.8 Å². The molecular formula is C12H18N2O2. The number of carbonyl (C=O) groups is 1. The summed E-state index contributed by atoms with van der Waals surface area (Å²) in [5.74, 6) is -0.306. The minimum Gasteiger partial charge on any atom is -0.465 e. The molecule has 0 saturated carbocycles. The normalized spacial score (nSPS) is 9.94. The molecule has 1 aromatic rings. The zero-order chi connectivity index (χ0) is 12.0. The highest BCUT2D eigenvalue weighted by atomic mass is 16.5. The third-order valence-electron chi connectivity index (χ3n) is 2.44. The van der Waals surface area contributed by atoms with Crippen LogP contribution in [-0.4, -0.2) is 26.2 Å². The minimum absolute atomic E-state index is 0.306. The van der Waals surface area contributed by atoms with Gasteiger partial charge in [0.15, 0.2) is 0 Å². The predicted octanol–water partition coefficient (Wildman–Crippen LogP) is 1.54. The lowest BCUT2D eigenvalue weighted by Crippen LogP contribution is -2.11. The van der Waals surface area contributed by atoms with Crippen LogP contribution in [0.25, 0.3) is 0 Å². The Morgan fingerprint density at radius 3 is 2.88 bits per heavy atom. The van der Waals surface area contributed by atoms with E-state index in [9.17, 15) is 4.79 Å². The van der Waals surface area contributed by atoms with Gasteiger partial charge in [-0.3, -0.25) is 0 Å². The van der Waals surface area contributed by atoms with Crippen molar-refractivity contribution in [2.24, 2.45) is 5.73 Å². The number of ether oxygens (including phenoxy) is 1. The van der Waals surface area contributed by atoms with Gasteiger partial charge in [-0.25, -0.2) is 4.79 Å². The number of rotatable bonds is 5. The van der Waals surface area contributed by atoms with Gasteiger partial charge >= 0.3 is 5.97 Å². The van der Waals surface area contributed by atoms with Crippen LogP contribution in [0.3, 0.4) is 0 Å². The number of methoxy groups -OCH3 is 1. The molecule has 1 rings (SSSR count). The second kappa shape index (κ2) is 6.12. The standard InChI is InChI=1S/C12H18N2O2/c1-9-10(12(15)16-2)5-3-6-11(9)14-8-4-7-13/h3,5-6,14H,4,7-8,13H2,1-2H3. The number of nitrogens with one attached hydrogen (secondary N) is 1. The fourth-order valence-electron chi connectivity index (χ4n) is 1.48. The monoisotopic (exact) mass is 222 g/mol. The van der Waals surface area contributed by atoms with Crippen molar-refractivity contribution in [2.45, 2.75) is 13.3 Å². The van der Waals surface area contributed by atoms with Crippen molar-refractivity contribution in [3.05, 3.63) is 29.3 Å². The first-order valence-corrected chi connectivity index (χ1v) is 5.32. The summed E-state index contributed by atoms with van der Waals surface area (Å²) in [6.07, 6.45) is 0.905. The molecular weight excluding hydrogens is 204 g/mol. The molecule has 0 aromatic heterocycles. The molecule has 0 unspecified atom stereocenters. The maximum atomic E-state index is 11.4. The fourth-order valence-corrected chi connectivity index (χ4v) is 1.48. The SMILES string of the molecule is COC(=O)c1cccc(NCCCN)c1C. The lowest BCUT2D eigenvalue weighted by atomic mass is 10.1. The largest absolute Gasteiger partial charge is 0.465 e. The van der Waals surface area contributed by atoms with Crippen LogP contribution in [0.5, 0.6) is 0 Å². The number of benzene rings is 1. The Hall–Kier alpha value is -1.55. The van der Waals surface area contributed by atoms with Crippen LogP contribution < -0.4 is 11.1 Å². The molecule has 4 nitrogen and oxygen atoms in total. The number of hydrogen-bond acceptors (Lipinski definition) is 4. The van der Waals surface area contributed by atoms with Crippen molar-refractivity contribution < 1.29 is 9.53 Å². The van der Waals surface area contributed by atoms with Crippen LogP contribution in [0.2, 0.25) is 0 Å². The Morgan fingerprint density at radius 1 is 1.50 bits per heavy atom. The van der Waals surface area contributed by atoms with Gasteiger partial charge in [-0.2, -0.15) is 0 Å². The predicted molar refractivity (Wildman–Crippen MR) is 64.7 cm³/mol. The number of esters is 1. The molecule has 1 aromatic carbocycles. The molecule has 0 fully saturated rings. The number of carbonyl (C=O) groups excluding carboxylic acids is 1. The van der Waals surface area contributed by atoms with Crippen molar-refractivity contribution in [3.63, 3.8) is 0 Å². The zero-order valence-corrected chi connectivity index (χ0v) is 9.75. The summed E-state index contributed by atoms with van der Waals surface area (Å²) in [6.45, 7) is 3.36. The average Bonchev–Trinajstić information content (AvgIpc) is 2.30. The first-order chi connectivity index (χ1) is 7.70. The zero-order valence-electron chi connectivity index (χ0n) is 9.75. The van der Waals surface area contributed by atoms with Crippen molar-refractivity contribution >= 4 is 11.7 Å². The molecule has 0 aliphatic heterocycles. The fraction of sp³-hybridized carbons (Fsp3) is 0.417. The highest BCUT2D eigenvalue weighted by Gasteiger charge is 2.10. The van der Waals surface area contributed by atoms with Crippen LogP contribution in [0.15, 0.2) is 18.2 Å². The average molecular weight is 222 g/mol. The van der Waals surface area contributed by atoms with Gasteiger partial charge in [0.1, 0.15) is 0 Å². The van der Waals surface area contributed by atoms with E-state index >= 15 is 0 Å². The summed E-state index contributed by atoms with van der Waals surface area (Å²) in [5.41, 5.74) is 7.88. The van der Waals surface area contributed by atoms with Gasteiger partial charge in [0.05, 0.1) is 12.7 Å². The summed E-state index contributed by atoms with van der Waals surface area (Å²) >= 11 is 0. The van der Waals surface area contributed by atoms with Crippen LogP contribution in [0.4, 0.5) is 5.69 Å². The second-order valence-corrected chi connectivity index (χ2v) is 3.54. The van der Waals surface area contributed by atoms with Crippen molar-refractivity contribution in [3.8, 4) is 0 Å². The van der Waals surface area contributed by atoms with E-state index in [0.717, 1.165) is 24.2 Å². The minimum atomic E-state index is -0.306. The topological polar surface area (TPSA) is 64.3 Å². The van der Waals surface area contributed by atoms with Gasteiger partial charge < -0.3 is 15.8 Å². The third kappa shape index (κ3) is 2.97. The van der Waals surface area contributed by atoms with E-state index in [4.69, 9.17) is 10.5 Å². The van der Waals surface area contributed by atoms with Crippen LogP contribution in [0, 0.1) is 6.92 Å². The molecule has 0 spiro atoms. The molecule has 88 valence electrons. The van der Waals surface area contributed by atoms with Gasteiger partial charge in [0, 0.05) is 12.2 Å². The number of hydrogen-bond donors (Lipinski definition) is 2. The van der Waals surface area contributed by atoms with Gasteiger partial charge in [-0.15, -0.1) is 0 Å². The summed E-state index contributed by atoms with van der Waals surface area (Å²) in [7, 11) is 1.39. The van der Waals surface area contributed by atoms with Crippen molar-refractivity contribution in [2.75, 3.05) is 25.5 Å². The van der Waals surface area contributed by atoms with E-state index in [-0.39, 0.29) is 5.97 Å². The smallest absolute Gasteiger partial charge is 0.338 e. The first kappa shape index (κ1) is 12.5. The van der Waals surface area contributed by atoms with Crippen LogP contribution in [0.1, 0.15) is 22.3 Å². The Morgan fingerprint density at radius 2 is 2.25 bits per heavy atom. The van der Waals surface area contributed by atoms with Crippen LogP contribution >= 0.6 is 0 Å². The maximum absolute atomic E-state index is 11.4. The quantitative estimate of drug-likeness (QED) is 0.586. The van der Waals surface area contributed by atoms with E-state index in [1.54, 1.807) is 6.07 Å². The molecule has 3 N–H and O–H groups in total. The van der Waals surface area contributed by atoms with E-state index in [1.165, 1.54) is 7.11 Å². The molecule has 0 aliphatic rings. The van der Waals surface area contributed by atoms with E-state index in [1.807, 2.05) is 19.1 Å². The third-order valence-corrected chi connectivity index (χ3v) is 2.44. The lowest BCUT2D eigenvalue weighted by Gasteiger charge is -2.11. The summed E-state index contributed by atoms with van der Waals surface area (Å²) in [4.78, 5) is 11.4. The summed E-state index contributed by atoms with van der Waals surface area (Å²) in [5, 5.41) is 3.25. The molecule has 0 atom stereocenters. The van der Waals surface area contributed by atoms with Crippen molar-refractivity contribution in [1.29, 1.82) is 0 Å². The second-order valence-electron chi connectivity index (χ2n) is 3.54. The molecule has 0 bridgehead atoms. The van der Waals surface area contributed by atoms with Gasteiger partial charge in [0.2, 0.25) is 0 Å². The Bertz CT molecular complexity index is 364. The Balaban J connectivity index is 2.82. The highest BCUT2D eigenvalue weighted by molar-refractivity contribution is 5.92. The maximum Gasteiger partial charge on any atom is 0.338 e. The van der Waals surface area contributed by atoms with Crippen LogP contribution in [-0.2, 0) is 4.74 Å². The molecule has 0 heterocycles. The van der Waals surface area contributed by atoms with Gasteiger partial charge in [-0.1, -0.05) is 6.07 Å². The molecule has 0 radical (unpaired) electrons.